The van der Waals surface area contributed by atoms with Gasteiger partial charge in [0, 0.05) is 17.4 Å². The van der Waals surface area contributed by atoms with Crippen LogP contribution in [0.2, 0.25) is 0 Å². The summed E-state index contributed by atoms with van der Waals surface area (Å²) >= 11 is 3.26. The van der Waals surface area contributed by atoms with Crippen molar-refractivity contribution in [2.24, 2.45) is 5.10 Å². The lowest BCUT2D eigenvalue weighted by Gasteiger charge is -2.21. The van der Waals surface area contributed by atoms with Crippen LogP contribution in [0.1, 0.15) is 22.9 Å². The third-order valence-electron chi connectivity index (χ3n) is 5.95. The summed E-state index contributed by atoms with van der Waals surface area (Å²) in [6.45, 7) is 0. The van der Waals surface area contributed by atoms with E-state index in [2.05, 4.69) is 65.4 Å². The van der Waals surface area contributed by atoms with Crippen LogP contribution < -0.4 is 5.01 Å². The summed E-state index contributed by atoms with van der Waals surface area (Å²) < 4.78 is 13.6. The minimum absolute atomic E-state index is 0.0165. The molecule has 0 saturated heterocycles. The molecule has 3 heterocycles. The van der Waals surface area contributed by atoms with E-state index in [1.165, 1.54) is 23.3 Å². The zero-order valence-corrected chi connectivity index (χ0v) is 19.8. The standard InChI is InChI=1S/C28H20FN3S2/c29-23-14-12-22(13-15-23)26-17-24(27-7-4-16-33-27)31-32(26)28-30-25(18-34-28)21-10-8-20(9-11-21)19-5-2-1-3-6-19/h1-16,18,26H,17H2/t26-/m0/s1. The minimum Gasteiger partial charge on any atom is -0.231 e. The fourth-order valence-corrected chi connectivity index (χ4v) is 5.74. The van der Waals surface area contributed by atoms with E-state index < -0.39 is 0 Å². The lowest BCUT2D eigenvalue weighted by atomic mass is 10.0. The molecule has 166 valence electrons. The van der Waals surface area contributed by atoms with Crippen LogP contribution in [0.3, 0.4) is 0 Å². The molecule has 0 N–H and O–H groups in total. The zero-order valence-electron chi connectivity index (χ0n) is 18.1. The number of thiophene rings is 1. The van der Waals surface area contributed by atoms with Crippen LogP contribution in [0.5, 0.6) is 0 Å². The molecule has 3 aromatic carbocycles. The molecule has 1 aliphatic rings. The van der Waals surface area contributed by atoms with Gasteiger partial charge in [0.2, 0.25) is 5.13 Å². The van der Waals surface area contributed by atoms with Gasteiger partial charge in [-0.05, 0) is 40.3 Å². The molecule has 1 atom stereocenters. The molecule has 0 saturated carbocycles. The van der Waals surface area contributed by atoms with Crippen LogP contribution in [-0.4, -0.2) is 10.7 Å². The van der Waals surface area contributed by atoms with Crippen molar-refractivity contribution in [1.82, 2.24) is 4.98 Å². The van der Waals surface area contributed by atoms with Crippen LogP contribution >= 0.6 is 22.7 Å². The first kappa shape index (κ1) is 21.0. The lowest BCUT2D eigenvalue weighted by molar-refractivity contribution is 0.624. The van der Waals surface area contributed by atoms with Crippen molar-refractivity contribution in [3.05, 3.63) is 118 Å². The smallest absolute Gasteiger partial charge is 0.207 e. The second-order valence-corrected chi connectivity index (χ2v) is 9.88. The van der Waals surface area contributed by atoms with E-state index in [9.17, 15) is 4.39 Å². The molecular weight excluding hydrogens is 461 g/mol. The molecule has 34 heavy (non-hydrogen) atoms. The quantitative estimate of drug-likeness (QED) is 0.254. The fourth-order valence-electron chi connectivity index (χ4n) is 4.19. The van der Waals surface area contributed by atoms with Crippen LogP contribution in [0.25, 0.3) is 22.4 Å². The Labute approximate surface area is 205 Å². The summed E-state index contributed by atoms with van der Waals surface area (Å²) in [6.07, 6.45) is 0.757. The molecule has 0 fully saturated rings. The Kier molecular flexibility index (Phi) is 5.53. The van der Waals surface area contributed by atoms with Gasteiger partial charge in [0.25, 0.3) is 0 Å². The van der Waals surface area contributed by atoms with Gasteiger partial charge in [-0.25, -0.2) is 14.4 Å². The van der Waals surface area contributed by atoms with Gasteiger partial charge in [0.15, 0.2) is 0 Å². The first-order chi connectivity index (χ1) is 16.7. The van der Waals surface area contributed by atoms with Gasteiger partial charge in [0.05, 0.1) is 22.3 Å². The van der Waals surface area contributed by atoms with Gasteiger partial charge in [-0.3, -0.25) is 0 Å². The third kappa shape index (κ3) is 4.06. The number of halogens is 1. The molecule has 6 heteroatoms. The van der Waals surface area contributed by atoms with Crippen LogP contribution in [0.15, 0.2) is 107 Å². The number of benzene rings is 3. The predicted molar refractivity (Wildman–Crippen MR) is 140 cm³/mol. The number of anilines is 1. The molecule has 0 aliphatic carbocycles. The summed E-state index contributed by atoms with van der Waals surface area (Å²) in [7, 11) is 0. The normalized spacial score (nSPS) is 15.5. The predicted octanol–water partition coefficient (Wildman–Crippen LogP) is 8.03. The molecule has 2 aromatic heterocycles. The largest absolute Gasteiger partial charge is 0.231 e. The van der Waals surface area contributed by atoms with Gasteiger partial charge in [-0.1, -0.05) is 72.8 Å². The highest BCUT2D eigenvalue weighted by Gasteiger charge is 2.32. The highest BCUT2D eigenvalue weighted by Crippen LogP contribution is 2.40. The molecule has 0 radical (unpaired) electrons. The highest BCUT2D eigenvalue weighted by atomic mass is 32.1. The molecule has 1 aliphatic heterocycles. The van der Waals surface area contributed by atoms with Gasteiger partial charge >= 0.3 is 0 Å². The maximum absolute atomic E-state index is 13.6. The highest BCUT2D eigenvalue weighted by molar-refractivity contribution is 7.14. The zero-order chi connectivity index (χ0) is 22.9. The molecule has 3 nitrogen and oxygen atoms in total. The Morgan fingerprint density at radius 3 is 2.24 bits per heavy atom. The van der Waals surface area contributed by atoms with E-state index in [-0.39, 0.29) is 11.9 Å². The van der Waals surface area contributed by atoms with E-state index in [1.807, 2.05) is 29.3 Å². The number of thiazole rings is 1. The van der Waals surface area contributed by atoms with Crippen molar-refractivity contribution in [1.29, 1.82) is 0 Å². The van der Waals surface area contributed by atoms with Crippen molar-refractivity contribution in [3.8, 4) is 22.4 Å². The number of aromatic nitrogens is 1. The van der Waals surface area contributed by atoms with E-state index in [0.717, 1.165) is 39.0 Å². The second kappa shape index (κ2) is 8.97. The number of hydrazone groups is 1. The molecule has 6 rings (SSSR count). The summed E-state index contributed by atoms with van der Waals surface area (Å²) in [5.74, 6) is -0.233. The Hall–Kier alpha value is -3.61. The fraction of sp³-hybridized carbons (Fsp3) is 0.0714. The van der Waals surface area contributed by atoms with Crippen LogP contribution in [-0.2, 0) is 0 Å². The van der Waals surface area contributed by atoms with Crippen molar-refractivity contribution >= 4 is 33.5 Å². The molecule has 0 amide bonds. The summed E-state index contributed by atoms with van der Waals surface area (Å²) in [5, 5.41) is 11.9. The summed E-state index contributed by atoms with van der Waals surface area (Å²) in [4.78, 5) is 6.10. The molecule has 0 spiro atoms. The van der Waals surface area contributed by atoms with E-state index in [0.29, 0.717) is 0 Å². The lowest BCUT2D eigenvalue weighted by Crippen LogP contribution is -2.18. The van der Waals surface area contributed by atoms with Crippen molar-refractivity contribution in [3.63, 3.8) is 0 Å². The SMILES string of the molecule is Fc1ccc([C@@H]2CC(c3cccs3)=NN2c2nc(-c3ccc(-c4ccccc4)cc3)cs2)cc1. The van der Waals surface area contributed by atoms with E-state index >= 15 is 0 Å². The Balaban J connectivity index is 1.32. The van der Waals surface area contributed by atoms with E-state index in [4.69, 9.17) is 10.1 Å². The second-order valence-electron chi connectivity index (χ2n) is 8.10. The number of rotatable bonds is 5. The maximum atomic E-state index is 13.6. The molecule has 0 bridgehead atoms. The Bertz CT molecular complexity index is 1420. The van der Waals surface area contributed by atoms with Gasteiger partial charge in [-0.15, -0.1) is 22.7 Å². The van der Waals surface area contributed by atoms with Crippen molar-refractivity contribution in [2.45, 2.75) is 12.5 Å². The Morgan fingerprint density at radius 1 is 0.765 bits per heavy atom. The molecule has 5 aromatic rings. The number of nitrogens with zero attached hydrogens (tertiary/aromatic N) is 3. The van der Waals surface area contributed by atoms with Crippen molar-refractivity contribution in [2.75, 3.05) is 5.01 Å². The third-order valence-corrected chi connectivity index (χ3v) is 7.70. The monoisotopic (exact) mass is 481 g/mol. The van der Waals surface area contributed by atoms with Gasteiger partial charge in [0.1, 0.15) is 5.82 Å². The summed E-state index contributed by atoms with van der Waals surface area (Å²) in [6, 6.07) is 29.7. The maximum Gasteiger partial charge on any atom is 0.207 e. The molecular formula is C28H20FN3S2. The van der Waals surface area contributed by atoms with Gasteiger partial charge in [-0.2, -0.15) is 5.10 Å². The number of hydrogen-bond donors (Lipinski definition) is 0. The van der Waals surface area contributed by atoms with Crippen LogP contribution in [0.4, 0.5) is 9.52 Å². The molecule has 0 unspecified atom stereocenters. The van der Waals surface area contributed by atoms with Crippen LogP contribution in [0, 0.1) is 5.82 Å². The average molecular weight is 482 g/mol. The minimum atomic E-state index is -0.233. The topological polar surface area (TPSA) is 28.5 Å². The van der Waals surface area contributed by atoms with E-state index in [1.54, 1.807) is 22.7 Å². The van der Waals surface area contributed by atoms with Crippen molar-refractivity contribution < 1.29 is 4.39 Å². The Morgan fingerprint density at radius 2 is 1.50 bits per heavy atom. The van der Waals surface area contributed by atoms with Gasteiger partial charge < -0.3 is 0 Å². The first-order valence-corrected chi connectivity index (χ1v) is 12.8. The average Bonchev–Trinajstić information content (AvgIpc) is 3.66. The summed E-state index contributed by atoms with van der Waals surface area (Å²) in [5.41, 5.74) is 6.44. The first-order valence-electron chi connectivity index (χ1n) is 11.0. The number of hydrogen-bond acceptors (Lipinski definition) is 5.